The molecule has 3 aliphatic rings. The second-order valence-corrected chi connectivity index (χ2v) is 9.22. The minimum absolute atomic E-state index is 0. The number of piperidine rings is 1. The van der Waals surface area contributed by atoms with Gasteiger partial charge in [-0.2, -0.15) is 0 Å². The van der Waals surface area contributed by atoms with E-state index < -0.39 is 0 Å². The van der Waals surface area contributed by atoms with Gasteiger partial charge in [-0.05, 0) is 69.2 Å². The highest BCUT2D eigenvalue weighted by Crippen LogP contribution is 2.30. The quantitative estimate of drug-likeness (QED) is 0.784. The van der Waals surface area contributed by atoms with Crippen LogP contribution < -0.4 is 5.32 Å². The van der Waals surface area contributed by atoms with E-state index in [-0.39, 0.29) is 18.3 Å². The number of likely N-dealkylation sites (tertiary alicyclic amines) is 1. The van der Waals surface area contributed by atoms with E-state index in [0.29, 0.717) is 11.8 Å². The van der Waals surface area contributed by atoms with Gasteiger partial charge in [-0.3, -0.25) is 4.79 Å². The molecule has 7 heteroatoms. The highest BCUT2D eigenvalue weighted by Gasteiger charge is 2.30. The number of fused-ring (bicyclic) bond motifs is 1. The molecule has 1 aromatic carbocycles. The normalized spacial score (nSPS) is 21.9. The molecule has 4 heterocycles. The topological polar surface area (TPSA) is 63.1 Å². The molecular formula is C24H34ClN5O. The maximum Gasteiger partial charge on any atom is 0.254 e. The largest absolute Gasteiger partial charge is 0.339 e. The maximum atomic E-state index is 13.3. The third-order valence-electron chi connectivity index (χ3n) is 7.20. The van der Waals surface area contributed by atoms with Gasteiger partial charge in [0.2, 0.25) is 0 Å². The van der Waals surface area contributed by atoms with E-state index in [1.54, 1.807) is 0 Å². The lowest BCUT2D eigenvalue weighted by Crippen LogP contribution is -2.39. The molecule has 0 aliphatic carbocycles. The summed E-state index contributed by atoms with van der Waals surface area (Å²) in [5.41, 5.74) is 2.11. The first-order valence-electron chi connectivity index (χ1n) is 11.8. The van der Waals surface area contributed by atoms with Gasteiger partial charge in [-0.25, -0.2) is 0 Å². The summed E-state index contributed by atoms with van der Waals surface area (Å²) < 4.78 is 2.38. The zero-order chi connectivity index (χ0) is 20.3. The van der Waals surface area contributed by atoms with Crippen LogP contribution in [0.1, 0.15) is 72.0 Å². The molecule has 1 amide bonds. The van der Waals surface area contributed by atoms with Gasteiger partial charge in [0, 0.05) is 37.5 Å². The van der Waals surface area contributed by atoms with Crippen molar-refractivity contribution in [3.05, 3.63) is 47.0 Å². The zero-order valence-electron chi connectivity index (χ0n) is 18.3. The predicted molar refractivity (Wildman–Crippen MR) is 124 cm³/mol. The van der Waals surface area contributed by atoms with E-state index in [2.05, 4.69) is 37.1 Å². The summed E-state index contributed by atoms with van der Waals surface area (Å²) >= 11 is 0. The summed E-state index contributed by atoms with van der Waals surface area (Å²) in [7, 11) is 0. The van der Waals surface area contributed by atoms with Crippen molar-refractivity contribution in [2.24, 2.45) is 5.92 Å². The van der Waals surface area contributed by atoms with Crippen LogP contribution in [-0.2, 0) is 19.4 Å². The Morgan fingerprint density at radius 1 is 1.03 bits per heavy atom. The fourth-order valence-electron chi connectivity index (χ4n) is 5.43. The minimum atomic E-state index is 0. The molecule has 2 aromatic rings. The third-order valence-corrected chi connectivity index (χ3v) is 7.20. The monoisotopic (exact) mass is 443 g/mol. The van der Waals surface area contributed by atoms with Crippen molar-refractivity contribution in [2.45, 2.75) is 63.8 Å². The Morgan fingerprint density at radius 2 is 1.87 bits per heavy atom. The van der Waals surface area contributed by atoms with Gasteiger partial charge >= 0.3 is 0 Å². The SMILES string of the molecule is Cl.O=C(c1ccccc1CC1CCNC1)N1CCC(c2nnc3n2CCCCC3)CC1. The van der Waals surface area contributed by atoms with E-state index in [4.69, 9.17) is 0 Å². The molecule has 0 spiro atoms. The Morgan fingerprint density at radius 3 is 2.68 bits per heavy atom. The first kappa shape index (κ1) is 22.3. The molecule has 168 valence electrons. The second kappa shape index (κ2) is 10.1. The third kappa shape index (κ3) is 4.80. The molecule has 1 N–H and O–H groups in total. The van der Waals surface area contributed by atoms with E-state index in [9.17, 15) is 4.79 Å². The van der Waals surface area contributed by atoms with Crippen LogP contribution in [0.2, 0.25) is 0 Å². The Labute approximate surface area is 191 Å². The number of carbonyl (C=O) groups excluding carboxylic acids is 1. The lowest BCUT2D eigenvalue weighted by Gasteiger charge is -2.32. The smallest absolute Gasteiger partial charge is 0.254 e. The van der Waals surface area contributed by atoms with Crippen LogP contribution in [0.25, 0.3) is 0 Å². The van der Waals surface area contributed by atoms with Gasteiger partial charge in [-0.1, -0.05) is 24.6 Å². The molecule has 3 aliphatic heterocycles. The molecular weight excluding hydrogens is 410 g/mol. The molecule has 31 heavy (non-hydrogen) atoms. The zero-order valence-corrected chi connectivity index (χ0v) is 19.1. The molecule has 1 unspecified atom stereocenters. The number of rotatable bonds is 4. The summed E-state index contributed by atoms with van der Waals surface area (Å²) in [4.78, 5) is 15.4. The van der Waals surface area contributed by atoms with Gasteiger partial charge in [0.1, 0.15) is 11.6 Å². The predicted octanol–water partition coefficient (Wildman–Crippen LogP) is 3.60. The number of nitrogens with zero attached hydrogens (tertiary/aromatic N) is 4. The maximum absolute atomic E-state index is 13.3. The number of hydrogen-bond donors (Lipinski definition) is 1. The fourth-order valence-corrected chi connectivity index (χ4v) is 5.43. The van der Waals surface area contributed by atoms with Crippen molar-refractivity contribution < 1.29 is 4.79 Å². The van der Waals surface area contributed by atoms with Gasteiger partial charge < -0.3 is 14.8 Å². The summed E-state index contributed by atoms with van der Waals surface area (Å²) in [6, 6.07) is 8.23. The summed E-state index contributed by atoms with van der Waals surface area (Å²) in [5.74, 6) is 3.60. The number of benzene rings is 1. The molecule has 1 atom stereocenters. The fraction of sp³-hybridized carbons (Fsp3) is 0.625. The molecule has 6 nitrogen and oxygen atoms in total. The standard InChI is InChI=1S/C24H33N5O.ClH/c30-24(21-7-4-3-6-20(21)16-18-9-12-25-17-18)28-14-10-19(11-15-28)23-27-26-22-8-2-1-5-13-29(22)23;/h3-4,6-7,18-19,25H,1-2,5,8-17H2;1H. The van der Waals surface area contributed by atoms with Crippen molar-refractivity contribution in [2.75, 3.05) is 26.2 Å². The van der Waals surface area contributed by atoms with Gasteiger partial charge in [0.15, 0.2) is 0 Å². The van der Waals surface area contributed by atoms with Crippen LogP contribution >= 0.6 is 12.4 Å². The average molecular weight is 444 g/mol. The van der Waals surface area contributed by atoms with Crippen molar-refractivity contribution in [1.29, 1.82) is 0 Å². The van der Waals surface area contributed by atoms with Crippen LogP contribution in [0.4, 0.5) is 0 Å². The Balaban J connectivity index is 0.00000231. The number of halogens is 1. The van der Waals surface area contributed by atoms with Crippen molar-refractivity contribution in [3.8, 4) is 0 Å². The van der Waals surface area contributed by atoms with E-state index in [1.165, 1.54) is 31.2 Å². The molecule has 2 saturated heterocycles. The van der Waals surface area contributed by atoms with Gasteiger partial charge in [-0.15, -0.1) is 22.6 Å². The number of aryl methyl sites for hydroxylation is 1. The number of hydrogen-bond acceptors (Lipinski definition) is 4. The van der Waals surface area contributed by atoms with Crippen LogP contribution in [-0.4, -0.2) is 51.8 Å². The molecule has 0 radical (unpaired) electrons. The van der Waals surface area contributed by atoms with Crippen LogP contribution in [0, 0.1) is 5.92 Å². The minimum Gasteiger partial charge on any atom is -0.339 e. The Hall–Kier alpha value is -1.92. The van der Waals surface area contributed by atoms with E-state index in [1.807, 2.05) is 12.1 Å². The molecule has 2 fully saturated rings. The number of aromatic nitrogens is 3. The highest BCUT2D eigenvalue weighted by atomic mass is 35.5. The van der Waals surface area contributed by atoms with E-state index >= 15 is 0 Å². The van der Waals surface area contributed by atoms with Crippen molar-refractivity contribution in [1.82, 2.24) is 25.0 Å². The lowest BCUT2D eigenvalue weighted by molar-refractivity contribution is 0.0709. The summed E-state index contributed by atoms with van der Waals surface area (Å²) in [5, 5.41) is 12.5. The van der Waals surface area contributed by atoms with Crippen molar-refractivity contribution >= 4 is 18.3 Å². The molecule has 5 rings (SSSR count). The first-order chi connectivity index (χ1) is 14.8. The van der Waals surface area contributed by atoms with Crippen LogP contribution in [0.15, 0.2) is 24.3 Å². The Bertz CT molecular complexity index is 884. The number of carbonyl (C=O) groups is 1. The summed E-state index contributed by atoms with van der Waals surface area (Å²) in [6.45, 7) is 4.84. The van der Waals surface area contributed by atoms with Crippen LogP contribution in [0.5, 0.6) is 0 Å². The van der Waals surface area contributed by atoms with Gasteiger partial charge in [0.25, 0.3) is 5.91 Å². The van der Waals surface area contributed by atoms with Crippen LogP contribution in [0.3, 0.4) is 0 Å². The molecule has 0 saturated carbocycles. The molecule has 1 aromatic heterocycles. The van der Waals surface area contributed by atoms with Crippen molar-refractivity contribution in [3.63, 3.8) is 0 Å². The second-order valence-electron chi connectivity index (χ2n) is 9.22. The lowest BCUT2D eigenvalue weighted by atomic mass is 9.92. The number of amides is 1. The highest BCUT2D eigenvalue weighted by molar-refractivity contribution is 5.95. The van der Waals surface area contributed by atoms with Gasteiger partial charge in [0.05, 0.1) is 0 Å². The average Bonchev–Trinajstić information content (AvgIpc) is 3.38. The Kier molecular flexibility index (Phi) is 7.28. The first-order valence-corrected chi connectivity index (χ1v) is 11.8. The van der Waals surface area contributed by atoms with E-state index in [0.717, 1.165) is 75.6 Å². The molecule has 0 bridgehead atoms. The summed E-state index contributed by atoms with van der Waals surface area (Å²) in [6.07, 6.45) is 8.96. The number of nitrogens with one attached hydrogen (secondary N) is 1.